The van der Waals surface area contributed by atoms with Crippen LogP contribution in [0.2, 0.25) is 0 Å². The van der Waals surface area contributed by atoms with Crippen molar-refractivity contribution in [1.82, 2.24) is 4.90 Å². The molecule has 1 fully saturated rings. The van der Waals surface area contributed by atoms with E-state index < -0.39 is 0 Å². The van der Waals surface area contributed by atoms with E-state index >= 15 is 0 Å². The summed E-state index contributed by atoms with van der Waals surface area (Å²) in [7, 11) is 0. The Labute approximate surface area is 92.1 Å². The van der Waals surface area contributed by atoms with Gasteiger partial charge < -0.3 is 5.73 Å². The fraction of sp³-hybridized carbons (Fsp3) is 0.538. The molecule has 0 aliphatic carbocycles. The summed E-state index contributed by atoms with van der Waals surface area (Å²) in [6.07, 6.45) is 5.16. The predicted molar refractivity (Wildman–Crippen MR) is 63.5 cm³/mol. The summed E-state index contributed by atoms with van der Waals surface area (Å²) < 4.78 is 0. The van der Waals surface area contributed by atoms with Crippen LogP contribution in [-0.4, -0.2) is 24.2 Å². The minimum Gasteiger partial charge on any atom is -0.315 e. The molecule has 2 rings (SSSR count). The lowest BCUT2D eigenvalue weighted by molar-refractivity contribution is 0.165. The average molecular weight is 204 g/mol. The highest BCUT2D eigenvalue weighted by Gasteiger charge is 2.16. The fourth-order valence-corrected chi connectivity index (χ4v) is 2.23. The molecule has 0 spiro atoms. The zero-order valence-corrected chi connectivity index (χ0v) is 9.23. The lowest BCUT2D eigenvalue weighted by Crippen LogP contribution is -2.46. The molecule has 0 bridgehead atoms. The number of benzene rings is 1. The first kappa shape index (κ1) is 10.7. The number of hydrogen-bond acceptors (Lipinski definition) is 2. The molecule has 0 amide bonds. The molecule has 1 aliphatic heterocycles. The van der Waals surface area contributed by atoms with E-state index in [0.29, 0.717) is 0 Å². The Bertz CT molecular complexity index is 278. The Morgan fingerprint density at radius 3 is 2.40 bits per heavy atom. The Morgan fingerprint density at radius 1 is 1.07 bits per heavy atom. The smallest absolute Gasteiger partial charge is 0.0613 e. The van der Waals surface area contributed by atoms with Gasteiger partial charge in [0.2, 0.25) is 0 Å². The number of likely N-dealkylation sites (tertiary alicyclic amines) is 1. The molecule has 2 heteroatoms. The van der Waals surface area contributed by atoms with E-state index in [1.54, 1.807) is 0 Å². The van der Waals surface area contributed by atoms with Gasteiger partial charge >= 0.3 is 0 Å². The quantitative estimate of drug-likeness (QED) is 0.816. The van der Waals surface area contributed by atoms with Gasteiger partial charge in [-0.25, -0.2) is 0 Å². The van der Waals surface area contributed by atoms with Crippen molar-refractivity contribution in [1.29, 1.82) is 0 Å². The monoisotopic (exact) mass is 204 g/mol. The maximum atomic E-state index is 6.21. The average Bonchev–Trinajstić information content (AvgIpc) is 2.31. The Hall–Kier alpha value is -0.860. The first-order chi connectivity index (χ1) is 7.36. The van der Waals surface area contributed by atoms with Gasteiger partial charge in [0, 0.05) is 6.42 Å². The van der Waals surface area contributed by atoms with Crippen molar-refractivity contribution in [3.8, 4) is 0 Å². The summed E-state index contributed by atoms with van der Waals surface area (Å²) in [5.41, 5.74) is 7.55. The van der Waals surface area contributed by atoms with Crippen molar-refractivity contribution < 1.29 is 0 Å². The summed E-state index contributed by atoms with van der Waals surface area (Å²) in [5.74, 6) is 0. The van der Waals surface area contributed by atoms with Crippen LogP contribution < -0.4 is 5.73 Å². The molecule has 0 saturated carbocycles. The van der Waals surface area contributed by atoms with Crippen molar-refractivity contribution >= 4 is 0 Å². The second kappa shape index (κ2) is 5.29. The highest BCUT2D eigenvalue weighted by molar-refractivity contribution is 5.15. The van der Waals surface area contributed by atoms with Gasteiger partial charge in [0.15, 0.2) is 0 Å². The normalized spacial score (nSPS) is 20.1. The van der Waals surface area contributed by atoms with Gasteiger partial charge in [-0.1, -0.05) is 36.8 Å². The molecule has 2 N–H and O–H groups in total. The minimum atomic E-state index is 0.202. The van der Waals surface area contributed by atoms with E-state index in [-0.39, 0.29) is 6.17 Å². The maximum Gasteiger partial charge on any atom is 0.0613 e. The van der Waals surface area contributed by atoms with Gasteiger partial charge in [0.1, 0.15) is 0 Å². The fourth-order valence-electron chi connectivity index (χ4n) is 2.23. The van der Waals surface area contributed by atoms with E-state index in [9.17, 15) is 0 Å². The lowest BCUT2D eigenvalue weighted by atomic mass is 10.1. The van der Waals surface area contributed by atoms with Crippen LogP contribution >= 0.6 is 0 Å². The van der Waals surface area contributed by atoms with E-state index in [1.165, 1.54) is 37.9 Å². The molecule has 1 aliphatic rings. The van der Waals surface area contributed by atoms with E-state index in [0.717, 1.165) is 6.42 Å². The van der Waals surface area contributed by atoms with Crippen LogP contribution in [0, 0.1) is 0 Å². The van der Waals surface area contributed by atoms with Gasteiger partial charge in [-0.2, -0.15) is 0 Å². The van der Waals surface area contributed by atoms with Crippen molar-refractivity contribution in [2.45, 2.75) is 31.8 Å². The molecule has 1 aromatic carbocycles. The second-order valence-corrected chi connectivity index (χ2v) is 4.35. The number of hydrogen-bond donors (Lipinski definition) is 1. The minimum absolute atomic E-state index is 0.202. The van der Waals surface area contributed by atoms with E-state index in [2.05, 4.69) is 35.2 Å². The summed E-state index contributed by atoms with van der Waals surface area (Å²) >= 11 is 0. The van der Waals surface area contributed by atoms with Crippen LogP contribution in [0.3, 0.4) is 0 Å². The topological polar surface area (TPSA) is 29.3 Å². The van der Waals surface area contributed by atoms with Crippen molar-refractivity contribution in [2.24, 2.45) is 5.73 Å². The Balaban J connectivity index is 1.88. The summed E-state index contributed by atoms with van der Waals surface area (Å²) in [6, 6.07) is 10.5. The third-order valence-corrected chi connectivity index (χ3v) is 3.15. The zero-order valence-electron chi connectivity index (χ0n) is 9.23. The number of piperidine rings is 1. The van der Waals surface area contributed by atoms with Crippen molar-refractivity contribution in [3.05, 3.63) is 35.9 Å². The molecular weight excluding hydrogens is 184 g/mol. The molecule has 2 nitrogen and oxygen atoms in total. The van der Waals surface area contributed by atoms with Gasteiger partial charge in [-0.3, -0.25) is 4.90 Å². The molecule has 1 saturated heterocycles. The SMILES string of the molecule is NC(Cc1ccccc1)N1CCCCC1. The molecule has 0 aromatic heterocycles. The molecule has 0 radical (unpaired) electrons. The summed E-state index contributed by atoms with van der Waals surface area (Å²) in [4.78, 5) is 2.41. The summed E-state index contributed by atoms with van der Waals surface area (Å²) in [5, 5.41) is 0. The Morgan fingerprint density at radius 2 is 1.73 bits per heavy atom. The maximum absolute atomic E-state index is 6.21. The van der Waals surface area contributed by atoms with Crippen LogP contribution in [0.5, 0.6) is 0 Å². The van der Waals surface area contributed by atoms with E-state index in [4.69, 9.17) is 5.73 Å². The number of nitrogens with zero attached hydrogens (tertiary/aromatic N) is 1. The third kappa shape index (κ3) is 3.05. The first-order valence-corrected chi connectivity index (χ1v) is 5.90. The van der Waals surface area contributed by atoms with Crippen LogP contribution in [0.1, 0.15) is 24.8 Å². The molecule has 82 valence electrons. The van der Waals surface area contributed by atoms with Crippen molar-refractivity contribution in [2.75, 3.05) is 13.1 Å². The van der Waals surface area contributed by atoms with E-state index in [1.807, 2.05) is 0 Å². The number of rotatable bonds is 3. The second-order valence-electron chi connectivity index (χ2n) is 4.35. The predicted octanol–water partition coefficient (Wildman–Crippen LogP) is 2.00. The lowest BCUT2D eigenvalue weighted by Gasteiger charge is -2.32. The molecule has 1 unspecified atom stereocenters. The standard InChI is InChI=1S/C13H20N2/c14-13(15-9-5-2-6-10-15)11-12-7-3-1-4-8-12/h1,3-4,7-8,13H,2,5-6,9-11,14H2. The van der Waals surface area contributed by atoms with Crippen LogP contribution in [-0.2, 0) is 6.42 Å². The van der Waals surface area contributed by atoms with Crippen molar-refractivity contribution in [3.63, 3.8) is 0 Å². The molecule has 15 heavy (non-hydrogen) atoms. The molecule has 1 atom stereocenters. The Kier molecular flexibility index (Phi) is 3.75. The van der Waals surface area contributed by atoms with Crippen LogP contribution in [0.4, 0.5) is 0 Å². The third-order valence-electron chi connectivity index (χ3n) is 3.15. The van der Waals surface area contributed by atoms with Gasteiger partial charge in [0.05, 0.1) is 6.17 Å². The highest BCUT2D eigenvalue weighted by atomic mass is 15.2. The first-order valence-electron chi connectivity index (χ1n) is 5.90. The van der Waals surface area contributed by atoms with Gasteiger partial charge in [0.25, 0.3) is 0 Å². The largest absolute Gasteiger partial charge is 0.315 e. The highest BCUT2D eigenvalue weighted by Crippen LogP contribution is 2.12. The van der Waals surface area contributed by atoms with Crippen LogP contribution in [0.15, 0.2) is 30.3 Å². The molecule has 1 heterocycles. The molecule has 1 aromatic rings. The van der Waals surface area contributed by atoms with Gasteiger partial charge in [-0.05, 0) is 31.5 Å². The number of nitrogens with two attached hydrogens (primary N) is 1. The van der Waals surface area contributed by atoms with Gasteiger partial charge in [-0.15, -0.1) is 0 Å². The molecular formula is C13H20N2. The zero-order chi connectivity index (χ0) is 10.5. The van der Waals surface area contributed by atoms with Crippen LogP contribution in [0.25, 0.3) is 0 Å². The summed E-state index contributed by atoms with van der Waals surface area (Å²) in [6.45, 7) is 2.35.